The van der Waals surface area contributed by atoms with E-state index in [1.807, 2.05) is 11.0 Å². The number of likely N-dealkylation sites (tertiary alicyclic amines) is 1. The van der Waals surface area contributed by atoms with Crippen LogP contribution in [0.2, 0.25) is 0 Å². The molecule has 0 aromatic heterocycles. The van der Waals surface area contributed by atoms with E-state index in [4.69, 9.17) is 5.73 Å². The van der Waals surface area contributed by atoms with Crippen molar-refractivity contribution < 1.29 is 9.18 Å². The first-order valence-corrected chi connectivity index (χ1v) is 7.38. The van der Waals surface area contributed by atoms with E-state index in [1.165, 1.54) is 12.1 Å². The maximum Gasteiger partial charge on any atom is 0.223 e. The van der Waals surface area contributed by atoms with Gasteiger partial charge in [-0.3, -0.25) is 4.79 Å². The molecule has 112 valence electrons. The molecule has 0 radical (unpaired) electrons. The quantitative estimate of drug-likeness (QED) is 0.864. The Morgan fingerprint density at radius 2 is 2.24 bits per heavy atom. The first-order valence-electron chi connectivity index (χ1n) is 7.38. The van der Waals surface area contributed by atoms with Crippen LogP contribution in [0.3, 0.4) is 0 Å². The van der Waals surface area contributed by atoms with Gasteiger partial charge < -0.3 is 10.6 Å². The van der Waals surface area contributed by atoms with Gasteiger partial charge in [-0.25, -0.2) is 4.39 Å². The number of nitrogens with zero attached hydrogens (tertiary/aromatic N) is 1. The van der Waals surface area contributed by atoms with E-state index in [9.17, 15) is 9.18 Å². The SMILES string of the molecule is CCCC1CC(=O)N(Cc2cc(F)cc(C#CCN)c2)C1. The van der Waals surface area contributed by atoms with E-state index in [-0.39, 0.29) is 18.3 Å². The number of rotatable bonds is 4. The first-order chi connectivity index (χ1) is 10.1. The summed E-state index contributed by atoms with van der Waals surface area (Å²) in [5, 5.41) is 0. The number of hydrogen-bond donors (Lipinski definition) is 1. The van der Waals surface area contributed by atoms with Gasteiger partial charge in [0.25, 0.3) is 0 Å². The van der Waals surface area contributed by atoms with Crippen LogP contribution in [-0.2, 0) is 11.3 Å². The minimum absolute atomic E-state index is 0.160. The predicted octanol–water partition coefficient (Wildman–Crippen LogP) is 2.28. The molecule has 4 heteroatoms. The van der Waals surface area contributed by atoms with Crippen LogP contribution in [0.5, 0.6) is 0 Å². The molecule has 2 N–H and O–H groups in total. The van der Waals surface area contributed by atoms with Crippen molar-refractivity contribution in [3.05, 3.63) is 35.1 Å². The Morgan fingerprint density at radius 3 is 2.95 bits per heavy atom. The average Bonchev–Trinajstić information content (AvgIpc) is 2.76. The van der Waals surface area contributed by atoms with Gasteiger partial charge in [-0.2, -0.15) is 0 Å². The monoisotopic (exact) mass is 288 g/mol. The molecule has 3 nitrogen and oxygen atoms in total. The smallest absolute Gasteiger partial charge is 0.223 e. The van der Waals surface area contributed by atoms with Crippen LogP contribution < -0.4 is 5.73 Å². The van der Waals surface area contributed by atoms with Crippen LogP contribution in [0.1, 0.15) is 37.3 Å². The molecular formula is C17H21FN2O. The fraction of sp³-hybridized carbons (Fsp3) is 0.471. The zero-order valence-electron chi connectivity index (χ0n) is 12.4. The maximum atomic E-state index is 13.6. The maximum absolute atomic E-state index is 13.6. The summed E-state index contributed by atoms with van der Waals surface area (Å²) in [5.41, 5.74) is 6.71. The zero-order chi connectivity index (χ0) is 15.2. The molecule has 1 aliphatic rings. The first kappa shape index (κ1) is 15.5. The summed E-state index contributed by atoms with van der Waals surface area (Å²) in [6, 6.07) is 4.68. The molecular weight excluding hydrogens is 267 g/mol. The molecule has 1 aromatic rings. The zero-order valence-corrected chi connectivity index (χ0v) is 12.4. The molecule has 0 saturated carbocycles. The summed E-state index contributed by atoms with van der Waals surface area (Å²) in [6.45, 7) is 3.60. The van der Waals surface area contributed by atoms with Crippen molar-refractivity contribution in [1.29, 1.82) is 0 Å². The van der Waals surface area contributed by atoms with E-state index in [0.29, 0.717) is 24.4 Å². The molecule has 1 amide bonds. The molecule has 1 heterocycles. The third-order valence-corrected chi connectivity index (χ3v) is 3.66. The summed E-state index contributed by atoms with van der Waals surface area (Å²) in [6.07, 6.45) is 2.77. The summed E-state index contributed by atoms with van der Waals surface area (Å²) in [5.74, 6) is 5.82. The highest BCUT2D eigenvalue weighted by Crippen LogP contribution is 2.24. The van der Waals surface area contributed by atoms with Crippen molar-refractivity contribution in [3.8, 4) is 11.8 Å². The van der Waals surface area contributed by atoms with Gasteiger partial charge in [0.05, 0.1) is 6.54 Å². The molecule has 0 bridgehead atoms. The van der Waals surface area contributed by atoms with Gasteiger partial charge in [0.1, 0.15) is 5.82 Å². The predicted molar refractivity (Wildman–Crippen MR) is 80.8 cm³/mol. The molecule has 1 aromatic carbocycles. The molecule has 21 heavy (non-hydrogen) atoms. The highest BCUT2D eigenvalue weighted by atomic mass is 19.1. The van der Waals surface area contributed by atoms with E-state index in [2.05, 4.69) is 18.8 Å². The lowest BCUT2D eigenvalue weighted by molar-refractivity contribution is -0.128. The number of carbonyl (C=O) groups is 1. The standard InChI is InChI=1S/C17H21FN2O/c1-2-4-14-10-17(21)20(11-14)12-15-7-13(5-3-6-19)8-16(18)9-15/h7-9,14H,2,4,6,10-12,19H2,1H3. The molecule has 1 saturated heterocycles. The lowest BCUT2D eigenvalue weighted by Crippen LogP contribution is -2.24. The Hall–Kier alpha value is -1.86. The van der Waals surface area contributed by atoms with Gasteiger partial charge in [0.2, 0.25) is 5.91 Å². The second-order valence-electron chi connectivity index (χ2n) is 5.49. The van der Waals surface area contributed by atoms with Crippen molar-refractivity contribution in [2.24, 2.45) is 11.7 Å². The number of benzene rings is 1. The Labute approximate surface area is 125 Å². The summed E-state index contributed by atoms with van der Waals surface area (Å²) < 4.78 is 13.6. The van der Waals surface area contributed by atoms with Crippen molar-refractivity contribution in [1.82, 2.24) is 4.90 Å². The van der Waals surface area contributed by atoms with E-state index in [1.54, 1.807) is 0 Å². The van der Waals surface area contributed by atoms with Gasteiger partial charge in [-0.05, 0) is 36.1 Å². The van der Waals surface area contributed by atoms with Crippen molar-refractivity contribution in [2.75, 3.05) is 13.1 Å². The van der Waals surface area contributed by atoms with Gasteiger partial charge in [0.15, 0.2) is 0 Å². The second kappa shape index (κ2) is 7.24. The van der Waals surface area contributed by atoms with Crippen LogP contribution in [0.4, 0.5) is 4.39 Å². The molecule has 1 atom stereocenters. The van der Waals surface area contributed by atoms with Crippen LogP contribution >= 0.6 is 0 Å². The fourth-order valence-electron chi connectivity index (χ4n) is 2.80. The van der Waals surface area contributed by atoms with Crippen LogP contribution in [0.15, 0.2) is 18.2 Å². The Morgan fingerprint density at radius 1 is 1.43 bits per heavy atom. The molecule has 1 unspecified atom stereocenters. The van der Waals surface area contributed by atoms with Gasteiger partial charge in [-0.1, -0.05) is 25.2 Å². The molecule has 1 aliphatic heterocycles. The summed E-state index contributed by atoms with van der Waals surface area (Å²) >= 11 is 0. The summed E-state index contributed by atoms with van der Waals surface area (Å²) in [7, 11) is 0. The molecule has 0 spiro atoms. The fourth-order valence-corrected chi connectivity index (χ4v) is 2.80. The summed E-state index contributed by atoms with van der Waals surface area (Å²) in [4.78, 5) is 13.8. The average molecular weight is 288 g/mol. The number of amides is 1. The topological polar surface area (TPSA) is 46.3 Å². The number of nitrogens with two attached hydrogens (primary N) is 1. The molecule has 0 aliphatic carbocycles. The number of carbonyl (C=O) groups excluding carboxylic acids is 1. The van der Waals surface area contributed by atoms with Gasteiger partial charge in [-0.15, -0.1) is 0 Å². The highest BCUT2D eigenvalue weighted by Gasteiger charge is 2.28. The number of hydrogen-bond acceptors (Lipinski definition) is 2. The van der Waals surface area contributed by atoms with Crippen LogP contribution in [0, 0.1) is 23.6 Å². The highest BCUT2D eigenvalue weighted by molar-refractivity contribution is 5.78. The lowest BCUT2D eigenvalue weighted by Gasteiger charge is -2.17. The van der Waals surface area contributed by atoms with Crippen molar-refractivity contribution in [2.45, 2.75) is 32.7 Å². The van der Waals surface area contributed by atoms with E-state index < -0.39 is 0 Å². The lowest BCUT2D eigenvalue weighted by atomic mass is 10.0. The largest absolute Gasteiger partial charge is 0.338 e. The van der Waals surface area contributed by atoms with Crippen molar-refractivity contribution in [3.63, 3.8) is 0 Å². The Balaban J connectivity index is 2.09. The third kappa shape index (κ3) is 4.30. The number of halogens is 1. The third-order valence-electron chi connectivity index (χ3n) is 3.66. The normalized spacial score (nSPS) is 17.8. The van der Waals surface area contributed by atoms with Crippen LogP contribution in [0.25, 0.3) is 0 Å². The minimum atomic E-state index is -0.328. The van der Waals surface area contributed by atoms with Crippen LogP contribution in [-0.4, -0.2) is 23.9 Å². The Bertz CT molecular complexity index is 574. The van der Waals surface area contributed by atoms with Gasteiger partial charge in [0, 0.05) is 25.1 Å². The molecule has 1 fully saturated rings. The molecule has 2 rings (SSSR count). The second-order valence-corrected chi connectivity index (χ2v) is 5.49. The minimum Gasteiger partial charge on any atom is -0.338 e. The van der Waals surface area contributed by atoms with E-state index in [0.717, 1.165) is 24.9 Å². The van der Waals surface area contributed by atoms with Gasteiger partial charge >= 0.3 is 0 Å². The Kier molecular flexibility index (Phi) is 5.35. The van der Waals surface area contributed by atoms with Crippen molar-refractivity contribution >= 4 is 5.91 Å². The van der Waals surface area contributed by atoms with E-state index >= 15 is 0 Å².